The van der Waals surface area contributed by atoms with E-state index in [9.17, 15) is 4.79 Å². The molecule has 2 rings (SSSR count). The highest BCUT2D eigenvalue weighted by Gasteiger charge is 2.25. The monoisotopic (exact) mass is 278 g/mol. The largest absolute Gasteiger partial charge is 0.467 e. The molecule has 1 aliphatic rings. The van der Waals surface area contributed by atoms with Crippen molar-refractivity contribution in [1.29, 1.82) is 0 Å². The van der Waals surface area contributed by atoms with Gasteiger partial charge in [0.1, 0.15) is 0 Å². The number of carbonyl (C=O) groups is 1. The lowest BCUT2D eigenvalue weighted by molar-refractivity contribution is -0.203. The molecule has 1 aromatic carbocycles. The maximum atomic E-state index is 11.8. The summed E-state index contributed by atoms with van der Waals surface area (Å²) in [5.74, 6) is -0.324. The Morgan fingerprint density at radius 3 is 2.80 bits per heavy atom. The first-order valence-electron chi connectivity index (χ1n) is 7.18. The summed E-state index contributed by atoms with van der Waals surface area (Å²) in [5.41, 5.74) is 1.19. The second-order valence-corrected chi connectivity index (χ2v) is 4.97. The van der Waals surface area contributed by atoms with Crippen molar-refractivity contribution in [3.05, 3.63) is 35.9 Å². The van der Waals surface area contributed by atoms with Crippen molar-refractivity contribution in [3.8, 4) is 0 Å². The molecule has 0 aromatic heterocycles. The number of ether oxygens (including phenoxy) is 3. The van der Waals surface area contributed by atoms with Crippen LogP contribution in [0.1, 0.15) is 31.2 Å². The van der Waals surface area contributed by atoms with Gasteiger partial charge >= 0.3 is 5.97 Å². The molecule has 0 aliphatic carbocycles. The van der Waals surface area contributed by atoms with Crippen LogP contribution in [0.25, 0.3) is 0 Å². The van der Waals surface area contributed by atoms with Gasteiger partial charge in [0.25, 0.3) is 0 Å². The van der Waals surface area contributed by atoms with Crippen LogP contribution in [0, 0.1) is 0 Å². The first-order chi connectivity index (χ1) is 9.79. The minimum atomic E-state index is -0.552. The van der Waals surface area contributed by atoms with Crippen molar-refractivity contribution in [2.24, 2.45) is 0 Å². The molecule has 2 unspecified atom stereocenters. The number of benzene rings is 1. The number of hydrogen-bond donors (Lipinski definition) is 0. The molecule has 2 atom stereocenters. The lowest BCUT2D eigenvalue weighted by Gasteiger charge is -2.26. The zero-order chi connectivity index (χ0) is 14.2. The average molecular weight is 278 g/mol. The Kier molecular flexibility index (Phi) is 6.02. The van der Waals surface area contributed by atoms with Crippen LogP contribution in [0.2, 0.25) is 0 Å². The first kappa shape index (κ1) is 15.0. The van der Waals surface area contributed by atoms with Crippen LogP contribution in [0.15, 0.2) is 30.3 Å². The predicted octanol–water partition coefficient (Wildman–Crippen LogP) is 2.70. The summed E-state index contributed by atoms with van der Waals surface area (Å²) in [7, 11) is 1.39. The minimum Gasteiger partial charge on any atom is -0.467 e. The van der Waals surface area contributed by atoms with Crippen LogP contribution in [0.3, 0.4) is 0 Å². The molecule has 4 nitrogen and oxygen atoms in total. The van der Waals surface area contributed by atoms with Crippen molar-refractivity contribution in [3.63, 3.8) is 0 Å². The molecule has 0 spiro atoms. The second kappa shape index (κ2) is 8.02. The second-order valence-electron chi connectivity index (χ2n) is 4.97. The molecule has 1 fully saturated rings. The van der Waals surface area contributed by atoms with E-state index in [0.717, 1.165) is 25.7 Å². The number of carbonyl (C=O) groups excluding carboxylic acids is 1. The Morgan fingerprint density at radius 2 is 2.15 bits per heavy atom. The van der Waals surface area contributed by atoms with Gasteiger partial charge in [0.15, 0.2) is 12.4 Å². The highest BCUT2D eigenvalue weighted by Crippen LogP contribution is 2.18. The predicted molar refractivity (Wildman–Crippen MR) is 75.2 cm³/mol. The summed E-state index contributed by atoms with van der Waals surface area (Å²) in [4.78, 5) is 11.8. The number of aryl methyl sites for hydroxylation is 1. The molecule has 0 bridgehead atoms. The summed E-state index contributed by atoms with van der Waals surface area (Å²) >= 11 is 0. The zero-order valence-electron chi connectivity index (χ0n) is 11.9. The standard InChI is InChI=1S/C16H22O4/c1-18-16(17)14(20-15-9-5-6-12-19-15)11-10-13-7-3-2-4-8-13/h2-4,7-8,14-15H,5-6,9-12H2,1H3. The quantitative estimate of drug-likeness (QED) is 0.751. The fraction of sp³-hybridized carbons (Fsp3) is 0.562. The smallest absolute Gasteiger partial charge is 0.335 e. The van der Waals surface area contributed by atoms with Gasteiger partial charge in [-0.2, -0.15) is 0 Å². The highest BCUT2D eigenvalue weighted by molar-refractivity contribution is 5.74. The molecule has 20 heavy (non-hydrogen) atoms. The van der Waals surface area contributed by atoms with E-state index in [4.69, 9.17) is 14.2 Å². The van der Waals surface area contributed by atoms with Gasteiger partial charge in [0, 0.05) is 6.61 Å². The molecular formula is C16H22O4. The van der Waals surface area contributed by atoms with Gasteiger partial charge in [-0.05, 0) is 37.7 Å². The lowest BCUT2D eigenvalue weighted by atomic mass is 10.1. The Hall–Kier alpha value is -1.39. The van der Waals surface area contributed by atoms with Crippen LogP contribution < -0.4 is 0 Å². The summed E-state index contributed by atoms with van der Waals surface area (Å²) in [6.45, 7) is 0.706. The third-order valence-electron chi connectivity index (χ3n) is 3.46. The van der Waals surface area contributed by atoms with E-state index in [1.807, 2.05) is 30.3 Å². The number of esters is 1. The Balaban J connectivity index is 1.88. The Labute approximate surface area is 120 Å². The topological polar surface area (TPSA) is 44.8 Å². The van der Waals surface area contributed by atoms with Gasteiger partial charge < -0.3 is 14.2 Å². The summed E-state index contributed by atoms with van der Waals surface area (Å²) in [6, 6.07) is 10.1. The fourth-order valence-electron chi connectivity index (χ4n) is 2.32. The third kappa shape index (κ3) is 4.62. The van der Waals surface area contributed by atoms with Gasteiger partial charge in [0.05, 0.1) is 7.11 Å². The van der Waals surface area contributed by atoms with E-state index in [2.05, 4.69) is 0 Å². The van der Waals surface area contributed by atoms with Gasteiger partial charge in [-0.25, -0.2) is 4.79 Å². The van der Waals surface area contributed by atoms with Crippen molar-refractivity contribution in [2.45, 2.75) is 44.5 Å². The van der Waals surface area contributed by atoms with Crippen LogP contribution in [-0.4, -0.2) is 32.1 Å². The highest BCUT2D eigenvalue weighted by atomic mass is 16.7. The average Bonchev–Trinajstić information content (AvgIpc) is 2.52. The van der Waals surface area contributed by atoms with E-state index in [0.29, 0.717) is 13.0 Å². The molecule has 0 saturated carbocycles. The van der Waals surface area contributed by atoms with Crippen molar-refractivity contribution in [2.75, 3.05) is 13.7 Å². The van der Waals surface area contributed by atoms with E-state index in [1.165, 1.54) is 12.7 Å². The molecule has 1 heterocycles. The summed E-state index contributed by atoms with van der Waals surface area (Å²) < 4.78 is 16.1. The maximum Gasteiger partial charge on any atom is 0.335 e. The number of rotatable bonds is 6. The summed E-state index contributed by atoms with van der Waals surface area (Å²) in [5, 5.41) is 0. The van der Waals surface area contributed by atoms with Crippen molar-refractivity contribution < 1.29 is 19.0 Å². The molecule has 0 radical (unpaired) electrons. The van der Waals surface area contributed by atoms with Crippen LogP contribution in [0.4, 0.5) is 0 Å². The fourth-order valence-corrected chi connectivity index (χ4v) is 2.32. The molecule has 4 heteroatoms. The van der Waals surface area contributed by atoms with Crippen LogP contribution in [0.5, 0.6) is 0 Å². The summed E-state index contributed by atoms with van der Waals surface area (Å²) in [6.07, 6.45) is 3.55. The van der Waals surface area contributed by atoms with Gasteiger partial charge in [-0.15, -0.1) is 0 Å². The number of methoxy groups -OCH3 is 1. The van der Waals surface area contributed by atoms with Crippen LogP contribution >= 0.6 is 0 Å². The van der Waals surface area contributed by atoms with E-state index >= 15 is 0 Å². The maximum absolute atomic E-state index is 11.8. The molecule has 1 aromatic rings. The normalized spacial score (nSPS) is 20.4. The van der Waals surface area contributed by atoms with Gasteiger partial charge in [-0.3, -0.25) is 0 Å². The van der Waals surface area contributed by atoms with Gasteiger partial charge in [-0.1, -0.05) is 30.3 Å². The van der Waals surface area contributed by atoms with Crippen LogP contribution in [-0.2, 0) is 25.4 Å². The first-order valence-corrected chi connectivity index (χ1v) is 7.18. The van der Waals surface area contributed by atoms with E-state index in [1.54, 1.807) is 0 Å². The number of hydrogen-bond acceptors (Lipinski definition) is 4. The van der Waals surface area contributed by atoms with Crippen molar-refractivity contribution in [1.82, 2.24) is 0 Å². The molecule has 1 aliphatic heterocycles. The van der Waals surface area contributed by atoms with E-state index < -0.39 is 6.10 Å². The molecule has 0 amide bonds. The van der Waals surface area contributed by atoms with Gasteiger partial charge in [0.2, 0.25) is 0 Å². The molecule has 110 valence electrons. The van der Waals surface area contributed by atoms with Crippen molar-refractivity contribution >= 4 is 5.97 Å². The molecule has 1 saturated heterocycles. The molecule has 0 N–H and O–H groups in total. The Bertz CT molecular complexity index is 398. The SMILES string of the molecule is COC(=O)C(CCc1ccccc1)OC1CCCCO1. The minimum absolute atomic E-state index is 0.274. The van der Waals surface area contributed by atoms with E-state index in [-0.39, 0.29) is 12.3 Å². The lowest BCUT2D eigenvalue weighted by Crippen LogP contribution is -2.34. The Morgan fingerprint density at radius 1 is 1.35 bits per heavy atom. The third-order valence-corrected chi connectivity index (χ3v) is 3.46. The molecular weight excluding hydrogens is 256 g/mol. The zero-order valence-corrected chi connectivity index (χ0v) is 11.9.